The van der Waals surface area contributed by atoms with Gasteiger partial charge in [-0.25, -0.2) is 0 Å². The van der Waals surface area contributed by atoms with Gasteiger partial charge in [-0.15, -0.1) is 0 Å². The van der Waals surface area contributed by atoms with E-state index < -0.39 is 9.33 Å². The van der Waals surface area contributed by atoms with Gasteiger partial charge in [0.1, 0.15) is 6.07 Å². The van der Waals surface area contributed by atoms with Gasteiger partial charge >= 0.3 is 9.33 Å². The zero-order chi connectivity index (χ0) is 15.5. The van der Waals surface area contributed by atoms with Crippen LogP contribution in [0.1, 0.15) is 11.1 Å². The Morgan fingerprint density at radius 3 is 2.76 bits per heavy atom. The van der Waals surface area contributed by atoms with E-state index in [0.29, 0.717) is 11.1 Å². The number of oxime groups is 1. The molecule has 1 aromatic rings. The fraction of sp³-hybridized carbons (Fsp3) is 0.0769. The van der Waals surface area contributed by atoms with Crippen molar-refractivity contribution >= 4 is 42.4 Å². The molecular formula is C13H9ClN2O3S2. The molecule has 0 bridgehead atoms. The number of nitriles is 1. The van der Waals surface area contributed by atoms with Crippen molar-refractivity contribution in [2.45, 2.75) is 6.92 Å². The lowest BCUT2D eigenvalue weighted by Gasteiger charge is -2.06. The van der Waals surface area contributed by atoms with Crippen LogP contribution in [0, 0.1) is 18.3 Å². The molecule has 1 heterocycles. The third-order valence-electron chi connectivity index (χ3n) is 2.65. The number of aryl methyl sites for hydroxylation is 1. The van der Waals surface area contributed by atoms with Gasteiger partial charge in [-0.1, -0.05) is 41.2 Å². The maximum Gasteiger partial charge on any atom is 0.420 e. The standard InChI is InChI=1S/C13H9ClN2O3S2/c1-9-4-2-3-5-10(9)12(8-15)11-6-7-20-13(11)16-19-21(14,17)18/h2-7H,1H3/b12-11+,16-13-. The molecule has 0 saturated carbocycles. The maximum atomic E-state index is 10.8. The molecule has 0 fully saturated rings. The summed E-state index contributed by atoms with van der Waals surface area (Å²) in [4.78, 5) is 0. The summed E-state index contributed by atoms with van der Waals surface area (Å²) in [6.07, 6.45) is 1.68. The lowest BCUT2D eigenvalue weighted by Crippen LogP contribution is -2.00. The van der Waals surface area contributed by atoms with Crippen LogP contribution in [-0.2, 0) is 13.6 Å². The second-order valence-corrected chi connectivity index (χ2v) is 6.96. The Morgan fingerprint density at radius 2 is 2.14 bits per heavy atom. The Hall–Kier alpha value is -1.75. The van der Waals surface area contributed by atoms with Gasteiger partial charge in [0.25, 0.3) is 0 Å². The first kappa shape index (κ1) is 15.6. The smallest absolute Gasteiger partial charge is 0.255 e. The number of rotatable bonds is 3. The average molecular weight is 341 g/mol. The summed E-state index contributed by atoms with van der Waals surface area (Å²) in [7, 11) is 0.745. The Labute approximate surface area is 131 Å². The summed E-state index contributed by atoms with van der Waals surface area (Å²) in [6, 6.07) is 9.52. The van der Waals surface area contributed by atoms with Gasteiger partial charge in [0, 0.05) is 5.57 Å². The summed E-state index contributed by atoms with van der Waals surface area (Å²) in [5.74, 6) is 0. The number of hydrogen-bond donors (Lipinski definition) is 0. The van der Waals surface area contributed by atoms with E-state index >= 15 is 0 Å². The molecule has 5 nitrogen and oxygen atoms in total. The van der Waals surface area contributed by atoms with Crippen LogP contribution in [0.4, 0.5) is 0 Å². The van der Waals surface area contributed by atoms with Crippen LogP contribution in [0.3, 0.4) is 0 Å². The average Bonchev–Trinajstić information content (AvgIpc) is 2.87. The number of benzene rings is 1. The van der Waals surface area contributed by atoms with Crippen LogP contribution in [0.5, 0.6) is 0 Å². The Kier molecular flexibility index (Phi) is 4.73. The molecule has 0 amide bonds. The van der Waals surface area contributed by atoms with Crippen molar-refractivity contribution in [1.82, 2.24) is 0 Å². The molecule has 8 heteroatoms. The summed E-state index contributed by atoms with van der Waals surface area (Å²) in [5, 5.41) is 14.9. The number of hydrogen-bond acceptors (Lipinski definition) is 6. The molecule has 0 spiro atoms. The van der Waals surface area contributed by atoms with Crippen LogP contribution >= 0.6 is 22.4 Å². The summed E-state index contributed by atoms with van der Waals surface area (Å²) in [5.41, 5.74) is 2.57. The molecule has 0 aromatic heterocycles. The number of allylic oxidation sites excluding steroid dienone is 2. The molecule has 1 aromatic carbocycles. The van der Waals surface area contributed by atoms with Gasteiger partial charge in [0.15, 0.2) is 5.04 Å². The van der Waals surface area contributed by atoms with Crippen molar-refractivity contribution in [1.29, 1.82) is 5.26 Å². The van der Waals surface area contributed by atoms with Gasteiger partial charge in [0.05, 0.1) is 16.3 Å². The number of thioether (sulfide) groups is 1. The third-order valence-corrected chi connectivity index (χ3v) is 3.86. The van der Waals surface area contributed by atoms with Crippen molar-refractivity contribution < 1.29 is 12.7 Å². The molecule has 21 heavy (non-hydrogen) atoms. The van der Waals surface area contributed by atoms with E-state index in [1.54, 1.807) is 11.5 Å². The highest BCUT2D eigenvalue weighted by atomic mass is 35.7. The predicted octanol–water partition coefficient (Wildman–Crippen LogP) is 3.35. The first-order valence-corrected chi connectivity index (χ1v) is 8.79. The van der Waals surface area contributed by atoms with Crippen LogP contribution in [0.25, 0.3) is 5.57 Å². The zero-order valence-corrected chi connectivity index (χ0v) is 13.2. The predicted molar refractivity (Wildman–Crippen MR) is 83.7 cm³/mol. The Bertz CT molecular complexity index is 805. The fourth-order valence-corrected chi connectivity index (χ4v) is 2.77. The molecule has 1 aliphatic heterocycles. The molecule has 0 unspecified atom stereocenters. The molecule has 0 aliphatic carbocycles. The maximum absolute atomic E-state index is 10.8. The van der Waals surface area contributed by atoms with Gasteiger partial charge in [-0.05, 0) is 29.5 Å². The molecule has 0 saturated heterocycles. The molecule has 0 N–H and O–H groups in total. The van der Waals surface area contributed by atoms with Crippen molar-refractivity contribution in [3.05, 3.63) is 52.4 Å². The summed E-state index contributed by atoms with van der Waals surface area (Å²) in [6.45, 7) is 1.88. The van der Waals surface area contributed by atoms with E-state index in [-0.39, 0.29) is 5.04 Å². The molecule has 108 valence electrons. The van der Waals surface area contributed by atoms with Crippen LogP contribution in [-0.4, -0.2) is 13.5 Å². The monoisotopic (exact) mass is 340 g/mol. The van der Waals surface area contributed by atoms with Gasteiger partial charge in [0.2, 0.25) is 0 Å². The second-order valence-electron chi connectivity index (χ2n) is 4.00. The highest BCUT2D eigenvalue weighted by Gasteiger charge is 2.20. The summed E-state index contributed by atoms with van der Waals surface area (Å²) >= 11 is 1.15. The van der Waals surface area contributed by atoms with Crippen LogP contribution in [0.2, 0.25) is 0 Å². The lowest BCUT2D eigenvalue weighted by atomic mass is 9.97. The largest absolute Gasteiger partial charge is 0.420 e. The van der Waals surface area contributed by atoms with Crippen molar-refractivity contribution in [2.24, 2.45) is 5.16 Å². The highest BCUT2D eigenvalue weighted by molar-refractivity contribution is 8.17. The van der Waals surface area contributed by atoms with Crippen molar-refractivity contribution in [2.75, 3.05) is 0 Å². The minimum Gasteiger partial charge on any atom is -0.255 e. The van der Waals surface area contributed by atoms with Gasteiger partial charge in [-0.2, -0.15) is 13.7 Å². The van der Waals surface area contributed by atoms with E-state index in [0.717, 1.165) is 22.9 Å². The van der Waals surface area contributed by atoms with Crippen molar-refractivity contribution in [3.63, 3.8) is 0 Å². The molecule has 2 rings (SSSR count). The second kappa shape index (κ2) is 6.35. The summed E-state index contributed by atoms with van der Waals surface area (Å²) < 4.78 is 25.8. The zero-order valence-electron chi connectivity index (χ0n) is 10.8. The Balaban J connectivity index is 2.51. The lowest BCUT2D eigenvalue weighted by molar-refractivity contribution is 0.352. The first-order chi connectivity index (χ1) is 9.92. The first-order valence-electron chi connectivity index (χ1n) is 5.67. The fourth-order valence-electron chi connectivity index (χ4n) is 1.76. The normalized spacial score (nSPS) is 18.6. The topological polar surface area (TPSA) is 79.5 Å². The SMILES string of the molecule is Cc1ccccc1/C(C#N)=C1\C=CS\C1=N/OS(=O)(=O)Cl. The van der Waals surface area contributed by atoms with Gasteiger partial charge in [-0.3, -0.25) is 4.28 Å². The molecular weight excluding hydrogens is 332 g/mol. The van der Waals surface area contributed by atoms with Gasteiger partial charge < -0.3 is 0 Å². The quantitative estimate of drug-likeness (QED) is 0.479. The van der Waals surface area contributed by atoms with E-state index in [1.165, 1.54) is 0 Å². The minimum absolute atomic E-state index is 0.263. The van der Waals surface area contributed by atoms with E-state index in [1.807, 2.05) is 31.2 Å². The number of halogens is 1. The van der Waals surface area contributed by atoms with E-state index in [4.69, 9.17) is 10.7 Å². The minimum atomic E-state index is -4.20. The van der Waals surface area contributed by atoms with E-state index in [2.05, 4.69) is 15.5 Å². The van der Waals surface area contributed by atoms with Crippen LogP contribution in [0.15, 0.2) is 46.5 Å². The molecule has 0 atom stereocenters. The highest BCUT2D eigenvalue weighted by Crippen LogP contribution is 2.32. The molecule has 0 radical (unpaired) electrons. The van der Waals surface area contributed by atoms with E-state index in [9.17, 15) is 13.7 Å². The Morgan fingerprint density at radius 1 is 1.43 bits per heavy atom. The molecule has 1 aliphatic rings. The third kappa shape index (κ3) is 3.88. The number of nitrogens with zero attached hydrogens (tertiary/aromatic N) is 2. The van der Waals surface area contributed by atoms with Crippen molar-refractivity contribution in [3.8, 4) is 6.07 Å². The van der Waals surface area contributed by atoms with Crippen LogP contribution < -0.4 is 0 Å².